The Morgan fingerprint density at radius 1 is 0.907 bits per heavy atom. The van der Waals surface area contributed by atoms with Gasteiger partial charge in [-0.1, -0.05) is 75.4 Å². The van der Waals surface area contributed by atoms with E-state index in [1.807, 2.05) is 85.4 Å². The van der Waals surface area contributed by atoms with Gasteiger partial charge >= 0.3 is 5.97 Å². The first kappa shape index (κ1) is 36.0. The minimum absolute atomic E-state index is 0.0494. The molecule has 2 saturated carbocycles. The van der Waals surface area contributed by atoms with E-state index in [2.05, 4.69) is 43.5 Å². The number of aromatic nitrogens is 4. The zero-order valence-electron chi connectivity index (χ0n) is 31.6. The number of carbonyl (C=O) groups is 2. The lowest BCUT2D eigenvalue weighted by atomic mass is 9.48. The van der Waals surface area contributed by atoms with Gasteiger partial charge in [-0.3, -0.25) is 19.6 Å². The molecule has 278 valence electrons. The average Bonchev–Trinajstić information content (AvgIpc) is 3.67. The molecular formula is C43H46N6O4S. The minimum atomic E-state index is -1.12. The van der Waals surface area contributed by atoms with Gasteiger partial charge < -0.3 is 5.11 Å². The Morgan fingerprint density at radius 3 is 2.50 bits per heavy atom. The SMILES string of the molecule is CNOC12CC(C)(C)CC(C)(CC(C)(Cn3ncc(-c4ccc(-c5ccc6cccc(C(=O)Nc7nc8ccccc8s7)c6c5)nc4C(=O)O)c3C)C1)C2. The van der Waals surface area contributed by atoms with Crippen LogP contribution in [0.15, 0.2) is 79.0 Å². The van der Waals surface area contributed by atoms with E-state index in [1.54, 1.807) is 12.3 Å². The third-order valence-corrected chi connectivity index (χ3v) is 12.3. The van der Waals surface area contributed by atoms with Crippen molar-refractivity contribution >= 4 is 49.3 Å². The van der Waals surface area contributed by atoms with Crippen LogP contribution in [-0.2, 0) is 11.4 Å². The number of amides is 1. The predicted octanol–water partition coefficient (Wildman–Crippen LogP) is 9.54. The molecule has 2 fully saturated rings. The summed E-state index contributed by atoms with van der Waals surface area (Å²) in [6, 6.07) is 22.7. The van der Waals surface area contributed by atoms with Crippen LogP contribution in [0, 0.1) is 23.2 Å². The highest BCUT2D eigenvalue weighted by Gasteiger charge is 2.58. The maximum absolute atomic E-state index is 13.6. The van der Waals surface area contributed by atoms with Gasteiger partial charge in [0, 0.05) is 41.5 Å². The topological polar surface area (TPSA) is 131 Å². The molecule has 2 aliphatic rings. The molecule has 54 heavy (non-hydrogen) atoms. The second-order valence-electron chi connectivity index (χ2n) is 17.0. The smallest absolute Gasteiger partial charge is 0.355 e. The van der Waals surface area contributed by atoms with Gasteiger partial charge in [0.2, 0.25) is 0 Å². The lowest BCUT2D eigenvalue weighted by Crippen LogP contribution is -2.58. The van der Waals surface area contributed by atoms with Crippen LogP contribution >= 0.6 is 11.3 Å². The Balaban J connectivity index is 1.08. The molecule has 6 aromatic rings. The monoisotopic (exact) mass is 742 g/mol. The van der Waals surface area contributed by atoms with Crippen molar-refractivity contribution in [1.82, 2.24) is 25.2 Å². The number of nitrogens with one attached hydrogen (secondary N) is 2. The molecule has 11 heteroatoms. The molecule has 2 bridgehead atoms. The quantitative estimate of drug-likeness (QED) is 0.125. The second-order valence-corrected chi connectivity index (χ2v) is 18.1. The molecule has 1 amide bonds. The second kappa shape index (κ2) is 13.1. The first-order valence-corrected chi connectivity index (χ1v) is 19.3. The van der Waals surface area contributed by atoms with Crippen molar-refractivity contribution in [2.24, 2.45) is 16.2 Å². The van der Waals surface area contributed by atoms with Gasteiger partial charge in [0.1, 0.15) is 0 Å². The molecule has 3 unspecified atom stereocenters. The Morgan fingerprint density at radius 2 is 1.72 bits per heavy atom. The Labute approximate surface area is 318 Å². The van der Waals surface area contributed by atoms with Gasteiger partial charge in [-0.25, -0.2) is 20.2 Å². The summed E-state index contributed by atoms with van der Waals surface area (Å²) in [5.41, 5.74) is 7.64. The van der Waals surface area contributed by atoms with Crippen LogP contribution in [0.1, 0.15) is 86.3 Å². The van der Waals surface area contributed by atoms with Crippen LogP contribution in [0.25, 0.3) is 43.4 Å². The van der Waals surface area contributed by atoms with Crippen molar-refractivity contribution in [1.29, 1.82) is 0 Å². The summed E-state index contributed by atoms with van der Waals surface area (Å²) in [5.74, 6) is -1.39. The number of aromatic carboxylic acids is 1. The fraction of sp³-hybridized carbons (Fsp3) is 0.372. The maximum atomic E-state index is 13.6. The fourth-order valence-electron chi connectivity index (χ4n) is 10.5. The Hall–Kier alpha value is -4.97. The van der Waals surface area contributed by atoms with Crippen LogP contribution in [-0.4, -0.2) is 49.4 Å². The summed E-state index contributed by atoms with van der Waals surface area (Å²) in [7, 11) is 1.85. The number of rotatable bonds is 9. The van der Waals surface area contributed by atoms with E-state index in [-0.39, 0.29) is 33.4 Å². The van der Waals surface area contributed by atoms with Crippen molar-refractivity contribution in [2.75, 3.05) is 12.4 Å². The molecule has 3 N–H and O–H groups in total. The van der Waals surface area contributed by atoms with E-state index in [1.165, 1.54) is 11.3 Å². The predicted molar refractivity (Wildman–Crippen MR) is 214 cm³/mol. The Kier molecular flexibility index (Phi) is 8.74. The van der Waals surface area contributed by atoms with Crippen LogP contribution in [0.3, 0.4) is 0 Å². The number of thiazole rings is 1. The van der Waals surface area contributed by atoms with E-state index < -0.39 is 5.97 Å². The molecule has 10 nitrogen and oxygen atoms in total. The van der Waals surface area contributed by atoms with Crippen molar-refractivity contribution < 1.29 is 19.5 Å². The number of fused-ring (bicyclic) bond motifs is 4. The van der Waals surface area contributed by atoms with Crippen LogP contribution in [0.5, 0.6) is 0 Å². The fourth-order valence-corrected chi connectivity index (χ4v) is 11.4. The van der Waals surface area contributed by atoms with Crippen molar-refractivity contribution in [3.8, 4) is 22.4 Å². The van der Waals surface area contributed by atoms with Gasteiger partial charge in [0.25, 0.3) is 5.91 Å². The molecule has 0 aliphatic heterocycles. The van der Waals surface area contributed by atoms with E-state index in [9.17, 15) is 14.7 Å². The summed E-state index contributed by atoms with van der Waals surface area (Å²) in [4.78, 5) is 42.0. The zero-order chi connectivity index (χ0) is 38.0. The highest BCUT2D eigenvalue weighted by Crippen LogP contribution is 2.63. The van der Waals surface area contributed by atoms with Crippen molar-refractivity contribution in [3.63, 3.8) is 0 Å². The third kappa shape index (κ3) is 6.69. The molecule has 3 atom stereocenters. The molecule has 8 rings (SSSR count). The molecule has 3 heterocycles. The number of benzene rings is 3. The standard InChI is InChI=1S/C43H46N6O4S/c1-26-32(19-45-49(26)25-42(5)22-41(4)20-40(2,3)21-43(23-41,24-42)53-44-6)29-16-17-33(46-36(29)38(51)52)28-15-14-27-10-9-11-30(31(27)18-28)37(50)48-39-47-34-12-7-8-13-35(34)54-39/h7-19,44H,20-25H2,1-6H3,(H,51,52)(H,47,48,50). The summed E-state index contributed by atoms with van der Waals surface area (Å²) < 4.78 is 3.02. The van der Waals surface area contributed by atoms with Gasteiger partial charge in [-0.15, -0.1) is 0 Å². The number of pyridine rings is 1. The van der Waals surface area contributed by atoms with E-state index in [0.717, 1.165) is 64.4 Å². The van der Waals surface area contributed by atoms with Crippen LogP contribution in [0.2, 0.25) is 0 Å². The number of hydroxylamine groups is 1. The average molecular weight is 743 g/mol. The lowest BCUT2D eigenvalue weighted by molar-refractivity contribution is -0.217. The number of hydrogen-bond acceptors (Lipinski definition) is 8. The summed E-state index contributed by atoms with van der Waals surface area (Å²) in [5, 5.41) is 20.4. The number of nitrogens with zero attached hydrogens (tertiary/aromatic N) is 4. The highest BCUT2D eigenvalue weighted by atomic mass is 32.1. The number of para-hydroxylation sites is 1. The maximum Gasteiger partial charge on any atom is 0.355 e. The molecule has 3 aromatic carbocycles. The molecule has 0 saturated heterocycles. The first-order chi connectivity index (χ1) is 25.7. The van der Waals surface area contributed by atoms with Crippen molar-refractivity contribution in [3.05, 3.63) is 95.9 Å². The van der Waals surface area contributed by atoms with E-state index >= 15 is 0 Å². The van der Waals surface area contributed by atoms with Crippen LogP contribution in [0.4, 0.5) is 5.13 Å². The summed E-state index contributed by atoms with van der Waals surface area (Å²) in [6.45, 7) is 12.2. The van der Waals surface area contributed by atoms with E-state index in [4.69, 9.17) is 14.9 Å². The number of carboxylic acids is 1. The minimum Gasteiger partial charge on any atom is -0.476 e. The summed E-state index contributed by atoms with van der Waals surface area (Å²) in [6.07, 6.45) is 6.89. The normalized spacial score (nSPS) is 23.4. The van der Waals surface area contributed by atoms with Gasteiger partial charge in [-0.05, 0) is 102 Å². The first-order valence-electron chi connectivity index (χ1n) is 18.5. The zero-order valence-corrected chi connectivity index (χ0v) is 32.4. The lowest BCUT2D eigenvalue weighted by Gasteiger charge is -2.60. The summed E-state index contributed by atoms with van der Waals surface area (Å²) >= 11 is 1.42. The van der Waals surface area contributed by atoms with E-state index in [0.29, 0.717) is 34.1 Å². The highest BCUT2D eigenvalue weighted by molar-refractivity contribution is 7.22. The number of carboxylic acid groups (broad SMARTS) is 1. The molecule has 2 aliphatic carbocycles. The van der Waals surface area contributed by atoms with Crippen LogP contribution < -0.4 is 10.8 Å². The largest absolute Gasteiger partial charge is 0.476 e. The molecular weight excluding hydrogens is 697 g/mol. The van der Waals surface area contributed by atoms with Gasteiger partial charge in [0.15, 0.2) is 10.8 Å². The molecule has 0 radical (unpaired) electrons. The number of hydrogen-bond donors (Lipinski definition) is 3. The third-order valence-electron chi connectivity index (χ3n) is 11.3. The number of carbonyl (C=O) groups excluding carboxylic acids is 1. The molecule has 3 aromatic heterocycles. The Bertz CT molecular complexity index is 2420. The van der Waals surface area contributed by atoms with Crippen molar-refractivity contribution in [2.45, 2.75) is 78.9 Å². The van der Waals surface area contributed by atoms with Gasteiger partial charge in [-0.2, -0.15) is 5.10 Å². The number of anilines is 1. The van der Waals surface area contributed by atoms with Gasteiger partial charge in [0.05, 0.1) is 27.7 Å². The molecule has 0 spiro atoms.